The predicted octanol–water partition coefficient (Wildman–Crippen LogP) is 2.40. The fraction of sp³-hybridized carbons (Fsp3) is 0.250. The zero-order valence-corrected chi connectivity index (χ0v) is 11.3. The molecule has 21 heavy (non-hydrogen) atoms. The maximum atomic E-state index is 12.5. The number of aromatic amines is 1. The highest BCUT2D eigenvalue weighted by molar-refractivity contribution is 7.88. The van der Waals surface area contributed by atoms with E-state index in [-0.39, 0.29) is 5.75 Å². The van der Waals surface area contributed by atoms with Gasteiger partial charge in [-0.25, -0.2) is 0 Å². The van der Waals surface area contributed by atoms with Crippen LogP contribution in [-0.2, 0) is 23.0 Å². The minimum atomic E-state index is -5.70. The normalized spacial score (nSPS) is 14.4. The van der Waals surface area contributed by atoms with Crippen molar-refractivity contribution in [3.05, 3.63) is 35.5 Å². The van der Waals surface area contributed by atoms with Crippen molar-refractivity contribution in [3.63, 3.8) is 0 Å². The van der Waals surface area contributed by atoms with Crippen LogP contribution in [0.15, 0.2) is 24.4 Å². The molecule has 0 fully saturated rings. The van der Waals surface area contributed by atoms with Gasteiger partial charge in [-0.2, -0.15) is 26.7 Å². The Morgan fingerprint density at radius 1 is 1.19 bits per heavy atom. The molecule has 0 saturated heterocycles. The lowest BCUT2D eigenvalue weighted by molar-refractivity contribution is -0.0499. The summed E-state index contributed by atoms with van der Waals surface area (Å²) < 4.78 is 64.0. The summed E-state index contributed by atoms with van der Waals surface area (Å²) >= 11 is 0. The number of hydrogen-bond acceptors (Lipinski definition) is 4. The van der Waals surface area contributed by atoms with Gasteiger partial charge in [-0.05, 0) is 30.0 Å². The summed E-state index contributed by atoms with van der Waals surface area (Å²) in [6.07, 6.45) is 2.81. The maximum absolute atomic E-state index is 12.5. The fourth-order valence-corrected chi connectivity index (χ4v) is 2.76. The molecule has 1 aromatic heterocycles. The van der Waals surface area contributed by atoms with Crippen molar-refractivity contribution >= 4 is 10.1 Å². The first-order chi connectivity index (χ1) is 9.79. The van der Waals surface area contributed by atoms with Crippen molar-refractivity contribution in [2.75, 3.05) is 0 Å². The summed E-state index contributed by atoms with van der Waals surface area (Å²) in [7, 11) is -5.70. The number of fused-ring (bicyclic) bond motifs is 3. The number of hydrogen-bond donors (Lipinski definition) is 1. The van der Waals surface area contributed by atoms with E-state index in [0.717, 1.165) is 5.56 Å². The van der Waals surface area contributed by atoms with Gasteiger partial charge in [0.1, 0.15) is 0 Å². The van der Waals surface area contributed by atoms with Crippen molar-refractivity contribution in [3.8, 4) is 17.0 Å². The van der Waals surface area contributed by atoms with E-state index in [2.05, 4.69) is 14.4 Å². The Labute approximate surface area is 117 Å². The molecular formula is C12H9F3N2O3S. The lowest BCUT2D eigenvalue weighted by Gasteiger charge is -2.19. The smallest absolute Gasteiger partial charge is 0.375 e. The Morgan fingerprint density at radius 3 is 2.62 bits per heavy atom. The molecular weight excluding hydrogens is 309 g/mol. The maximum Gasteiger partial charge on any atom is 0.534 e. The van der Waals surface area contributed by atoms with Gasteiger partial charge < -0.3 is 4.18 Å². The molecule has 5 nitrogen and oxygen atoms in total. The molecule has 112 valence electrons. The molecule has 9 heteroatoms. The number of H-pyrrole nitrogens is 1. The van der Waals surface area contributed by atoms with E-state index in [1.807, 2.05) is 0 Å². The Hall–Kier alpha value is -2.03. The van der Waals surface area contributed by atoms with E-state index >= 15 is 0 Å². The fourth-order valence-electron chi connectivity index (χ4n) is 2.29. The van der Waals surface area contributed by atoms with E-state index in [0.29, 0.717) is 29.7 Å². The van der Waals surface area contributed by atoms with E-state index < -0.39 is 15.6 Å². The third-order valence-electron chi connectivity index (χ3n) is 3.23. The van der Waals surface area contributed by atoms with E-state index in [1.54, 1.807) is 12.3 Å². The summed E-state index contributed by atoms with van der Waals surface area (Å²) in [5, 5.41) is 6.51. The second-order valence-corrected chi connectivity index (χ2v) is 6.08. The number of halogens is 3. The molecule has 3 rings (SSSR count). The van der Waals surface area contributed by atoms with Crippen molar-refractivity contribution in [2.24, 2.45) is 0 Å². The lowest BCUT2D eigenvalue weighted by Crippen LogP contribution is -2.28. The lowest BCUT2D eigenvalue weighted by atomic mass is 9.90. The molecule has 0 aliphatic heterocycles. The van der Waals surface area contributed by atoms with Crippen LogP contribution in [0.1, 0.15) is 11.1 Å². The largest absolute Gasteiger partial charge is 0.534 e. The molecule has 0 saturated carbocycles. The van der Waals surface area contributed by atoms with Crippen LogP contribution in [0.2, 0.25) is 0 Å². The number of aromatic nitrogens is 2. The van der Waals surface area contributed by atoms with Crippen molar-refractivity contribution in [1.29, 1.82) is 0 Å². The summed E-state index contributed by atoms with van der Waals surface area (Å²) in [5.41, 5.74) is -3.15. The first-order valence-corrected chi connectivity index (χ1v) is 7.36. The first kappa shape index (κ1) is 13.9. The highest BCUT2D eigenvalue weighted by Gasteiger charge is 2.49. The summed E-state index contributed by atoms with van der Waals surface area (Å²) in [4.78, 5) is 0. The van der Waals surface area contributed by atoms with Gasteiger partial charge in [0.2, 0.25) is 0 Å². The minimum absolute atomic E-state index is 0.309. The predicted molar refractivity (Wildman–Crippen MR) is 67.0 cm³/mol. The molecule has 1 aliphatic carbocycles. The zero-order valence-electron chi connectivity index (χ0n) is 10.4. The van der Waals surface area contributed by atoms with Crippen LogP contribution >= 0.6 is 0 Å². The third-order valence-corrected chi connectivity index (χ3v) is 4.19. The van der Waals surface area contributed by atoms with Crippen LogP contribution in [0.5, 0.6) is 5.75 Å². The van der Waals surface area contributed by atoms with E-state index in [4.69, 9.17) is 0 Å². The van der Waals surface area contributed by atoms with Gasteiger partial charge in [0.25, 0.3) is 0 Å². The molecule has 0 radical (unpaired) electrons. The summed E-state index contributed by atoms with van der Waals surface area (Å²) in [6.45, 7) is 0. The standard InChI is InChI=1S/C12H9F3N2O3S/c13-12(14,15)21(18,19)20-9-3-1-2-7-4-5-8-6-16-17-11(8)10(7)9/h1-3,6H,4-5H2,(H,16,17). The Morgan fingerprint density at radius 2 is 1.90 bits per heavy atom. The molecule has 0 bridgehead atoms. The third kappa shape index (κ3) is 2.27. The second-order valence-electron chi connectivity index (χ2n) is 4.54. The molecule has 0 unspecified atom stereocenters. The first-order valence-electron chi connectivity index (χ1n) is 5.95. The quantitative estimate of drug-likeness (QED) is 0.682. The van der Waals surface area contributed by atoms with E-state index in [1.165, 1.54) is 12.1 Å². The van der Waals surface area contributed by atoms with Crippen molar-refractivity contribution in [2.45, 2.75) is 18.3 Å². The molecule has 0 amide bonds. The van der Waals surface area contributed by atoms with Crippen LogP contribution < -0.4 is 4.18 Å². The van der Waals surface area contributed by atoms with Gasteiger partial charge in [0.05, 0.1) is 11.9 Å². The van der Waals surface area contributed by atoms with Crippen LogP contribution in [-0.4, -0.2) is 24.1 Å². The van der Waals surface area contributed by atoms with E-state index in [9.17, 15) is 21.6 Å². The summed E-state index contributed by atoms with van der Waals surface area (Å²) in [5.74, 6) is -0.352. The monoisotopic (exact) mass is 318 g/mol. The number of aryl methyl sites for hydroxylation is 2. The second kappa shape index (κ2) is 4.48. The van der Waals surface area contributed by atoms with Gasteiger partial charge in [0.15, 0.2) is 5.75 Å². The highest BCUT2D eigenvalue weighted by atomic mass is 32.2. The van der Waals surface area contributed by atoms with Gasteiger partial charge in [-0.15, -0.1) is 0 Å². The molecule has 1 aliphatic rings. The van der Waals surface area contributed by atoms with Crippen molar-refractivity contribution < 1.29 is 25.8 Å². The average Bonchev–Trinajstić information content (AvgIpc) is 2.85. The van der Waals surface area contributed by atoms with Gasteiger partial charge >= 0.3 is 15.6 Å². The number of nitrogens with one attached hydrogen (secondary N) is 1. The van der Waals surface area contributed by atoms with Crippen LogP contribution in [0, 0.1) is 0 Å². The number of benzene rings is 1. The summed E-state index contributed by atoms with van der Waals surface area (Å²) in [6, 6.07) is 4.37. The molecule has 1 heterocycles. The SMILES string of the molecule is O=S(=O)(Oc1cccc2c1-c1[nH]ncc1CC2)C(F)(F)F. The number of nitrogens with zero attached hydrogens (tertiary/aromatic N) is 1. The van der Waals surface area contributed by atoms with Gasteiger partial charge in [0, 0.05) is 5.56 Å². The topological polar surface area (TPSA) is 72.1 Å². The van der Waals surface area contributed by atoms with Crippen molar-refractivity contribution in [1.82, 2.24) is 10.2 Å². The Bertz CT molecular complexity index is 796. The van der Waals surface area contributed by atoms with Gasteiger partial charge in [-0.3, -0.25) is 5.10 Å². The molecule has 1 aromatic carbocycles. The molecule has 2 aromatic rings. The highest BCUT2D eigenvalue weighted by Crippen LogP contribution is 2.40. The molecule has 1 N–H and O–H groups in total. The van der Waals surface area contributed by atoms with Crippen LogP contribution in [0.4, 0.5) is 13.2 Å². The molecule has 0 spiro atoms. The minimum Gasteiger partial charge on any atom is -0.375 e. The van der Waals surface area contributed by atoms with Crippen LogP contribution in [0.3, 0.4) is 0 Å². The van der Waals surface area contributed by atoms with Gasteiger partial charge in [-0.1, -0.05) is 12.1 Å². The number of alkyl halides is 3. The number of rotatable bonds is 2. The zero-order chi connectivity index (χ0) is 15.3. The van der Waals surface area contributed by atoms with Crippen LogP contribution in [0.25, 0.3) is 11.3 Å². The molecule has 0 atom stereocenters. The average molecular weight is 318 g/mol. The Kier molecular flexibility index (Phi) is 2.97. The Balaban J connectivity index is 2.12.